The number of H-pyrrole nitrogens is 1. The van der Waals surface area contributed by atoms with E-state index in [1.165, 1.54) is 64.1 Å². The van der Waals surface area contributed by atoms with Crippen molar-refractivity contribution < 1.29 is 5.11 Å². The summed E-state index contributed by atoms with van der Waals surface area (Å²) in [6.45, 7) is 12.6. The summed E-state index contributed by atoms with van der Waals surface area (Å²) in [6.07, 6.45) is 18.5. The van der Waals surface area contributed by atoms with Crippen molar-refractivity contribution >= 4 is 0 Å². The van der Waals surface area contributed by atoms with E-state index in [-0.39, 0.29) is 6.10 Å². The van der Waals surface area contributed by atoms with Crippen molar-refractivity contribution in [2.45, 2.75) is 111 Å². The minimum Gasteiger partial charge on any atom is -0.393 e. The van der Waals surface area contributed by atoms with Gasteiger partial charge in [-0.15, -0.1) is 10.2 Å². The highest BCUT2D eigenvalue weighted by Crippen LogP contribution is 2.67. The molecule has 2 N–H and O–H groups in total. The first kappa shape index (κ1) is 24.9. The highest BCUT2D eigenvalue weighted by Gasteiger charge is 2.59. The first-order valence-corrected chi connectivity index (χ1v) is 13.8. The average Bonchev–Trinajstić information content (AvgIpc) is 3.45. The normalized spacial score (nSPS) is 40.7. The van der Waals surface area contributed by atoms with Gasteiger partial charge in [0.25, 0.3) is 0 Å². The number of aliphatic hydroxyl groups is 1. The van der Waals surface area contributed by atoms with Crippen LogP contribution in [-0.2, 0) is 0 Å². The molecular weight excluding hydrogens is 408 g/mol. The lowest BCUT2D eigenvalue weighted by Crippen LogP contribution is -2.50. The second kappa shape index (κ2) is 10.2. The van der Waals surface area contributed by atoms with Crippen molar-refractivity contribution in [3.05, 3.63) is 18.0 Å². The number of hydrogen-bond acceptors (Lipinski definition) is 4. The molecule has 0 amide bonds. The molecular formula is C28H48N4O. The van der Waals surface area contributed by atoms with Crippen LogP contribution in [0.4, 0.5) is 0 Å². The molecule has 5 nitrogen and oxygen atoms in total. The van der Waals surface area contributed by atoms with Gasteiger partial charge in [-0.1, -0.05) is 70.7 Å². The van der Waals surface area contributed by atoms with Crippen LogP contribution in [0, 0.1) is 46.3 Å². The Morgan fingerprint density at radius 1 is 1.06 bits per heavy atom. The molecule has 0 aliphatic heterocycles. The Labute approximate surface area is 201 Å². The van der Waals surface area contributed by atoms with Crippen molar-refractivity contribution in [3.8, 4) is 0 Å². The quantitative estimate of drug-likeness (QED) is 0.490. The van der Waals surface area contributed by atoms with Crippen LogP contribution in [0.25, 0.3) is 0 Å². The summed E-state index contributed by atoms with van der Waals surface area (Å²) in [7, 11) is 0. The van der Waals surface area contributed by atoms with Gasteiger partial charge in [-0.3, -0.25) is 0 Å². The van der Waals surface area contributed by atoms with Gasteiger partial charge in [0.1, 0.15) is 0 Å². The SMILES string of the molecule is CC(C)CCC[C@@H](C)[C@H]1CC[C@H]2[C@@H]3CC=C4C[C@@H](O)CC[C@]4(C)[C@H]3CC[C@]12C.c1nn[nH]n1. The molecule has 0 saturated heterocycles. The van der Waals surface area contributed by atoms with E-state index in [1.807, 2.05) is 0 Å². The third kappa shape index (κ3) is 4.94. The Morgan fingerprint density at radius 3 is 2.55 bits per heavy atom. The van der Waals surface area contributed by atoms with Crippen LogP contribution >= 0.6 is 0 Å². The van der Waals surface area contributed by atoms with Crippen LogP contribution in [0.2, 0.25) is 0 Å². The summed E-state index contributed by atoms with van der Waals surface area (Å²) in [4.78, 5) is 0. The molecule has 0 spiro atoms. The number of hydrogen-bond donors (Lipinski definition) is 2. The van der Waals surface area contributed by atoms with E-state index in [0.29, 0.717) is 10.8 Å². The number of tetrazole rings is 1. The molecule has 5 heteroatoms. The fourth-order valence-electron chi connectivity index (χ4n) is 8.80. The van der Waals surface area contributed by atoms with Gasteiger partial charge < -0.3 is 5.11 Å². The summed E-state index contributed by atoms with van der Waals surface area (Å²) in [6, 6.07) is 0. The smallest absolute Gasteiger partial charge is 0.161 e. The van der Waals surface area contributed by atoms with Crippen LogP contribution < -0.4 is 0 Å². The molecule has 4 aliphatic rings. The number of aliphatic hydroxyl groups excluding tert-OH is 1. The van der Waals surface area contributed by atoms with E-state index in [0.717, 1.165) is 48.3 Å². The van der Waals surface area contributed by atoms with E-state index in [2.05, 4.69) is 61.3 Å². The molecule has 0 unspecified atom stereocenters. The van der Waals surface area contributed by atoms with Gasteiger partial charge in [0.05, 0.1) is 6.10 Å². The molecule has 3 fully saturated rings. The summed E-state index contributed by atoms with van der Waals surface area (Å²) < 4.78 is 0. The summed E-state index contributed by atoms with van der Waals surface area (Å²) in [5.74, 6) is 5.46. The predicted molar refractivity (Wildman–Crippen MR) is 133 cm³/mol. The van der Waals surface area contributed by atoms with Gasteiger partial charge in [0, 0.05) is 0 Å². The van der Waals surface area contributed by atoms with E-state index in [9.17, 15) is 5.11 Å². The van der Waals surface area contributed by atoms with Gasteiger partial charge in [0.2, 0.25) is 0 Å². The van der Waals surface area contributed by atoms with Crippen LogP contribution in [0.5, 0.6) is 0 Å². The number of nitrogens with one attached hydrogen (secondary N) is 1. The Balaban J connectivity index is 0.000000459. The van der Waals surface area contributed by atoms with Crippen LogP contribution in [0.15, 0.2) is 18.0 Å². The minimum absolute atomic E-state index is 0.0766. The molecule has 1 aromatic heterocycles. The standard InChI is InChI=1S/C27H46O.CH2N4/c1-18(2)7-6-8-19(3)23-11-12-24-22-10-9-20-17-21(28)13-15-26(20,4)25(22)14-16-27(23,24)5;1-2-4-5-3-1/h9,18-19,21-25,28H,6-8,10-17H2,1-5H3;1H,(H,2,3,4,5)/t19-,21+,22+,23-,24+,25+,26+,27-;/m1./s1. The van der Waals surface area contributed by atoms with Crippen molar-refractivity contribution in [3.63, 3.8) is 0 Å². The summed E-state index contributed by atoms with van der Waals surface area (Å²) >= 11 is 0. The predicted octanol–water partition coefficient (Wildman–Crippen LogP) is 6.59. The molecule has 33 heavy (non-hydrogen) atoms. The number of aromatic amines is 1. The van der Waals surface area contributed by atoms with Gasteiger partial charge in [-0.2, -0.15) is 5.21 Å². The molecule has 3 saturated carbocycles. The van der Waals surface area contributed by atoms with Gasteiger partial charge in [-0.05, 0) is 97.7 Å². The lowest BCUT2D eigenvalue weighted by atomic mass is 9.47. The first-order valence-electron chi connectivity index (χ1n) is 13.8. The van der Waals surface area contributed by atoms with E-state index in [1.54, 1.807) is 5.57 Å². The lowest BCUT2D eigenvalue weighted by Gasteiger charge is -2.58. The maximum absolute atomic E-state index is 10.2. The van der Waals surface area contributed by atoms with E-state index < -0.39 is 0 Å². The van der Waals surface area contributed by atoms with Crippen molar-refractivity contribution in [1.29, 1.82) is 0 Å². The van der Waals surface area contributed by atoms with Crippen molar-refractivity contribution in [2.24, 2.45) is 46.3 Å². The number of nitrogens with zero attached hydrogens (tertiary/aromatic N) is 3. The largest absolute Gasteiger partial charge is 0.393 e. The molecule has 1 heterocycles. The van der Waals surface area contributed by atoms with Gasteiger partial charge in [-0.25, -0.2) is 0 Å². The van der Waals surface area contributed by atoms with E-state index >= 15 is 0 Å². The number of allylic oxidation sites excluding steroid dienone is 1. The maximum atomic E-state index is 10.2. The van der Waals surface area contributed by atoms with Gasteiger partial charge >= 0.3 is 0 Å². The molecule has 0 radical (unpaired) electrons. The number of aromatic nitrogens is 4. The second-order valence-corrected chi connectivity index (χ2v) is 12.7. The summed E-state index contributed by atoms with van der Waals surface area (Å²) in [5.41, 5.74) is 2.60. The molecule has 0 bridgehead atoms. The summed E-state index contributed by atoms with van der Waals surface area (Å²) in [5, 5.41) is 22.4. The topological polar surface area (TPSA) is 74.7 Å². The fraction of sp³-hybridized carbons (Fsp3) is 0.893. The molecule has 186 valence electrons. The van der Waals surface area contributed by atoms with Crippen LogP contribution in [0.1, 0.15) is 105 Å². The zero-order valence-electron chi connectivity index (χ0n) is 21.8. The third-order valence-electron chi connectivity index (χ3n) is 10.5. The third-order valence-corrected chi connectivity index (χ3v) is 10.5. The molecule has 8 atom stereocenters. The highest BCUT2D eigenvalue weighted by atomic mass is 16.3. The highest BCUT2D eigenvalue weighted by molar-refractivity contribution is 5.25. The zero-order chi connectivity index (χ0) is 23.6. The van der Waals surface area contributed by atoms with Crippen molar-refractivity contribution in [2.75, 3.05) is 0 Å². The molecule has 5 rings (SSSR count). The van der Waals surface area contributed by atoms with Crippen molar-refractivity contribution in [1.82, 2.24) is 20.6 Å². The Kier molecular flexibility index (Phi) is 7.67. The zero-order valence-corrected chi connectivity index (χ0v) is 21.8. The lowest BCUT2D eigenvalue weighted by molar-refractivity contribution is -0.0573. The molecule has 0 aromatic carbocycles. The monoisotopic (exact) mass is 456 g/mol. The second-order valence-electron chi connectivity index (χ2n) is 12.7. The maximum Gasteiger partial charge on any atom is 0.161 e. The average molecular weight is 457 g/mol. The van der Waals surface area contributed by atoms with Crippen LogP contribution in [-0.4, -0.2) is 31.8 Å². The number of rotatable bonds is 5. The minimum atomic E-state index is -0.0766. The number of fused-ring (bicyclic) bond motifs is 5. The fourth-order valence-corrected chi connectivity index (χ4v) is 8.80. The Hall–Kier alpha value is -1.23. The first-order chi connectivity index (χ1) is 15.8. The van der Waals surface area contributed by atoms with Crippen LogP contribution in [0.3, 0.4) is 0 Å². The van der Waals surface area contributed by atoms with Gasteiger partial charge in [0.15, 0.2) is 6.33 Å². The van der Waals surface area contributed by atoms with E-state index in [4.69, 9.17) is 0 Å². The molecule has 1 aromatic rings. The Morgan fingerprint density at radius 2 is 1.88 bits per heavy atom. The molecule has 4 aliphatic carbocycles. The Bertz CT molecular complexity index is 760.